The zero-order chi connectivity index (χ0) is 31.4. The Bertz CT molecular complexity index is 1820. The van der Waals surface area contributed by atoms with Crippen LogP contribution in [0.5, 0.6) is 0 Å². The summed E-state index contributed by atoms with van der Waals surface area (Å²) in [5.41, 5.74) is 11.9. The summed E-state index contributed by atoms with van der Waals surface area (Å²) in [4.78, 5) is 32.1. The van der Waals surface area contributed by atoms with Crippen LogP contribution >= 0.6 is 35.3 Å². The van der Waals surface area contributed by atoms with Gasteiger partial charge in [0, 0.05) is 45.2 Å². The highest BCUT2D eigenvalue weighted by atomic mass is 35.5. The molecule has 5 rings (SSSR count). The number of fused-ring (bicyclic) bond motifs is 3. The molecule has 12 heteroatoms. The minimum atomic E-state index is -0.553. The van der Waals surface area contributed by atoms with Crippen molar-refractivity contribution >= 4 is 58.6 Å². The van der Waals surface area contributed by atoms with Gasteiger partial charge >= 0.3 is 0 Å². The average Bonchev–Trinajstić information content (AvgIpc) is 3.47. The van der Waals surface area contributed by atoms with Crippen LogP contribution in [0.2, 0.25) is 5.02 Å². The molecular weight excluding hydrogens is 629 g/mol. The van der Waals surface area contributed by atoms with E-state index < -0.39 is 6.04 Å². The number of hydrogen-bond acceptors (Lipinski definition) is 7. The Morgan fingerprint density at radius 1 is 1.07 bits per heavy atom. The monoisotopic (exact) mass is 663 g/mol. The van der Waals surface area contributed by atoms with E-state index in [1.807, 2.05) is 60.9 Å². The summed E-state index contributed by atoms with van der Waals surface area (Å²) in [6.45, 7) is 8.67. The number of aryl methyl sites for hydroxylation is 3. The van der Waals surface area contributed by atoms with Crippen LogP contribution in [0.3, 0.4) is 0 Å². The van der Waals surface area contributed by atoms with Gasteiger partial charge in [-0.1, -0.05) is 41.6 Å². The second kappa shape index (κ2) is 14.8. The van der Waals surface area contributed by atoms with Crippen molar-refractivity contribution in [3.05, 3.63) is 91.8 Å². The minimum Gasteiger partial charge on any atom is -0.356 e. The van der Waals surface area contributed by atoms with Crippen molar-refractivity contribution in [1.82, 2.24) is 20.1 Å². The quantitative estimate of drug-likeness (QED) is 0.163. The number of aliphatic imine (C=N–C) groups is 1. The van der Waals surface area contributed by atoms with Gasteiger partial charge in [-0.2, -0.15) is 0 Å². The van der Waals surface area contributed by atoms with Crippen molar-refractivity contribution in [2.75, 3.05) is 18.4 Å². The Hall–Kier alpha value is -4.01. The molecule has 0 fully saturated rings. The molecule has 4 N–H and O–H groups in total. The van der Waals surface area contributed by atoms with Crippen LogP contribution < -0.4 is 16.4 Å². The minimum absolute atomic E-state index is 0. The number of anilines is 1. The molecule has 4 aromatic rings. The summed E-state index contributed by atoms with van der Waals surface area (Å²) in [5, 5.41) is 16.3. The summed E-state index contributed by atoms with van der Waals surface area (Å²) in [5.74, 6) is 6.90. The molecule has 0 bridgehead atoms. The molecule has 1 aliphatic rings. The van der Waals surface area contributed by atoms with Gasteiger partial charge < -0.3 is 16.4 Å². The number of hydrogen-bond donors (Lipinski definition) is 3. The molecule has 3 heterocycles. The predicted molar refractivity (Wildman–Crippen MR) is 183 cm³/mol. The molecule has 2 aromatic carbocycles. The molecule has 1 unspecified atom stereocenters. The summed E-state index contributed by atoms with van der Waals surface area (Å²) < 4.78 is 2.02. The molecule has 45 heavy (non-hydrogen) atoms. The van der Waals surface area contributed by atoms with E-state index in [1.54, 1.807) is 11.3 Å². The number of thiophene rings is 1. The lowest BCUT2D eigenvalue weighted by atomic mass is 9.99. The Labute approximate surface area is 278 Å². The highest BCUT2D eigenvalue weighted by molar-refractivity contribution is 7.15. The van der Waals surface area contributed by atoms with Crippen LogP contribution in [-0.4, -0.2) is 45.4 Å². The standard InChI is InChI=1S/C33H34ClN7O2S.ClH/c1-19-9-14-26(17-24(19)7-5-15-35)37-28(42)8-6-16-36-29(43)18-27-32-40-39-22(4)41(32)33-30(20(2)21(3)44-33)31(38-27)23-10-12-25(34)13-11-23;/h9-14,17,27H,6,8,15-16,18,35H2,1-4H3,(H,36,43)(H,37,42);1H. The van der Waals surface area contributed by atoms with E-state index in [-0.39, 0.29) is 43.6 Å². The normalized spacial score (nSPS) is 13.3. The molecule has 0 aliphatic carbocycles. The fraction of sp³-hybridized carbons (Fsp3) is 0.303. The SMILES string of the molecule is Cc1ccc(NC(=O)CCCNC(=O)CC2N=C(c3ccc(Cl)cc3)c3c(sc(C)c3C)-n3c(C)nnc32)cc1C#CCN.Cl. The molecule has 1 aliphatic heterocycles. The third-order valence-electron chi connectivity index (χ3n) is 7.49. The van der Waals surface area contributed by atoms with Gasteiger partial charge in [-0.3, -0.25) is 19.1 Å². The fourth-order valence-electron chi connectivity index (χ4n) is 5.06. The number of nitrogens with two attached hydrogens (primary N) is 1. The largest absolute Gasteiger partial charge is 0.356 e. The number of nitrogens with zero attached hydrogens (tertiary/aromatic N) is 4. The van der Waals surface area contributed by atoms with E-state index in [4.69, 9.17) is 22.3 Å². The maximum Gasteiger partial charge on any atom is 0.224 e. The molecule has 234 valence electrons. The van der Waals surface area contributed by atoms with Crippen LogP contribution in [0.25, 0.3) is 5.00 Å². The van der Waals surface area contributed by atoms with Gasteiger partial charge in [0.2, 0.25) is 11.8 Å². The number of nitrogens with one attached hydrogen (secondary N) is 2. The topological polar surface area (TPSA) is 127 Å². The molecule has 9 nitrogen and oxygen atoms in total. The molecule has 1 atom stereocenters. The highest BCUT2D eigenvalue weighted by Crippen LogP contribution is 2.39. The van der Waals surface area contributed by atoms with Gasteiger partial charge in [-0.05, 0) is 69.5 Å². The van der Waals surface area contributed by atoms with Crippen LogP contribution in [0.4, 0.5) is 5.69 Å². The van der Waals surface area contributed by atoms with Crippen LogP contribution in [0.15, 0.2) is 47.5 Å². The van der Waals surface area contributed by atoms with Gasteiger partial charge in [0.05, 0.1) is 18.7 Å². The third kappa shape index (κ3) is 7.63. The number of amides is 2. The first-order valence-corrected chi connectivity index (χ1v) is 15.6. The van der Waals surface area contributed by atoms with Crippen LogP contribution in [-0.2, 0) is 9.59 Å². The lowest BCUT2D eigenvalue weighted by Gasteiger charge is -2.13. The Kier molecular flexibility index (Phi) is 11.2. The van der Waals surface area contributed by atoms with E-state index in [0.29, 0.717) is 29.5 Å². The number of aromatic nitrogens is 3. The fourth-order valence-corrected chi connectivity index (χ4v) is 6.40. The van der Waals surface area contributed by atoms with Crippen LogP contribution in [0, 0.1) is 39.5 Å². The molecular formula is C33H35Cl2N7O2S. The van der Waals surface area contributed by atoms with Crippen molar-refractivity contribution in [2.45, 2.75) is 53.0 Å². The molecule has 2 aromatic heterocycles. The maximum atomic E-state index is 13.2. The second-order valence-electron chi connectivity index (χ2n) is 10.6. The average molecular weight is 665 g/mol. The first-order chi connectivity index (χ1) is 21.2. The van der Waals surface area contributed by atoms with Crippen molar-refractivity contribution in [2.24, 2.45) is 10.7 Å². The zero-order valence-corrected chi connectivity index (χ0v) is 27.9. The van der Waals surface area contributed by atoms with Gasteiger partial charge in [0.15, 0.2) is 5.82 Å². The van der Waals surface area contributed by atoms with Crippen LogP contribution in [0.1, 0.15) is 69.6 Å². The summed E-state index contributed by atoms with van der Waals surface area (Å²) in [6, 6.07) is 12.6. The Morgan fingerprint density at radius 2 is 1.82 bits per heavy atom. The Morgan fingerprint density at radius 3 is 2.56 bits per heavy atom. The molecule has 2 amide bonds. The van der Waals surface area contributed by atoms with Crippen molar-refractivity contribution in [3.8, 4) is 16.8 Å². The maximum absolute atomic E-state index is 13.2. The van der Waals surface area contributed by atoms with E-state index in [9.17, 15) is 9.59 Å². The molecule has 0 spiro atoms. The Balaban J connectivity index is 0.00000461. The lowest BCUT2D eigenvalue weighted by Crippen LogP contribution is -2.27. The molecule has 0 radical (unpaired) electrons. The summed E-state index contributed by atoms with van der Waals surface area (Å²) >= 11 is 7.86. The van der Waals surface area contributed by atoms with E-state index in [2.05, 4.69) is 46.5 Å². The van der Waals surface area contributed by atoms with E-state index in [0.717, 1.165) is 44.4 Å². The zero-order valence-electron chi connectivity index (χ0n) is 25.5. The first kappa shape index (κ1) is 33.9. The van der Waals surface area contributed by atoms with Gasteiger partial charge in [-0.25, -0.2) is 0 Å². The number of halogens is 2. The smallest absolute Gasteiger partial charge is 0.224 e. The molecule has 0 saturated carbocycles. The van der Waals surface area contributed by atoms with Gasteiger partial charge in [0.1, 0.15) is 16.9 Å². The third-order valence-corrected chi connectivity index (χ3v) is 8.93. The van der Waals surface area contributed by atoms with Crippen molar-refractivity contribution < 1.29 is 9.59 Å². The number of benzene rings is 2. The second-order valence-corrected chi connectivity index (χ2v) is 12.3. The highest BCUT2D eigenvalue weighted by Gasteiger charge is 2.32. The number of rotatable bonds is 8. The lowest BCUT2D eigenvalue weighted by molar-refractivity contribution is -0.122. The first-order valence-electron chi connectivity index (χ1n) is 14.4. The number of carbonyl (C=O) groups excluding carboxylic acids is 2. The number of carbonyl (C=O) groups is 2. The van der Waals surface area contributed by atoms with E-state index >= 15 is 0 Å². The summed E-state index contributed by atoms with van der Waals surface area (Å²) in [7, 11) is 0. The predicted octanol–water partition coefficient (Wildman–Crippen LogP) is 5.77. The van der Waals surface area contributed by atoms with E-state index in [1.165, 1.54) is 4.88 Å². The summed E-state index contributed by atoms with van der Waals surface area (Å²) in [6.07, 6.45) is 0.829. The van der Waals surface area contributed by atoms with Gasteiger partial charge in [0.25, 0.3) is 0 Å². The van der Waals surface area contributed by atoms with Gasteiger partial charge in [-0.15, -0.1) is 33.9 Å². The van der Waals surface area contributed by atoms with Crippen molar-refractivity contribution in [3.63, 3.8) is 0 Å². The molecule has 0 saturated heterocycles. The van der Waals surface area contributed by atoms with Crippen molar-refractivity contribution in [1.29, 1.82) is 0 Å².